The van der Waals surface area contributed by atoms with Gasteiger partial charge in [-0.3, -0.25) is 14.4 Å². The number of alkyl carbamates (subject to hydrolysis) is 1. The highest BCUT2D eigenvalue weighted by molar-refractivity contribution is 5.84. The number of rotatable bonds is 24. The predicted octanol–water partition coefficient (Wildman–Crippen LogP) is 9.77. The number of hydrogen-bond donors (Lipinski definition) is 2. The summed E-state index contributed by atoms with van der Waals surface area (Å²) in [6, 6.07) is 16.1. The van der Waals surface area contributed by atoms with E-state index in [1.165, 1.54) is 51.4 Å². The van der Waals surface area contributed by atoms with Gasteiger partial charge in [-0.1, -0.05) is 126 Å². The summed E-state index contributed by atoms with van der Waals surface area (Å²) in [4.78, 5) is 48.5. The second kappa shape index (κ2) is 21.4. The largest absolute Gasteiger partial charge is 0.481 e. The van der Waals surface area contributed by atoms with Crippen LogP contribution in [0.25, 0.3) is 11.1 Å². The minimum Gasteiger partial charge on any atom is -0.481 e. The Labute approximate surface area is 293 Å². The van der Waals surface area contributed by atoms with Crippen molar-refractivity contribution in [2.45, 2.75) is 141 Å². The van der Waals surface area contributed by atoms with Gasteiger partial charge in [0.15, 0.2) is 0 Å². The van der Waals surface area contributed by atoms with E-state index in [2.05, 4.69) is 17.4 Å². The lowest BCUT2D eigenvalue weighted by molar-refractivity contribution is -0.155. The van der Waals surface area contributed by atoms with Gasteiger partial charge in [-0.05, 0) is 55.9 Å². The highest BCUT2D eigenvalue weighted by Gasteiger charge is 2.29. The molecule has 49 heavy (non-hydrogen) atoms. The van der Waals surface area contributed by atoms with Crippen LogP contribution in [0, 0.1) is 5.92 Å². The topological polar surface area (TPSA) is 119 Å². The van der Waals surface area contributed by atoms with E-state index in [0.29, 0.717) is 12.8 Å². The van der Waals surface area contributed by atoms with Crippen LogP contribution in [0.4, 0.5) is 4.79 Å². The third-order valence-electron chi connectivity index (χ3n) is 9.17. The summed E-state index contributed by atoms with van der Waals surface area (Å²) in [5.74, 6) is -2.32. The van der Waals surface area contributed by atoms with Gasteiger partial charge in [0.25, 0.3) is 0 Å². The molecule has 2 N–H and O–H groups in total. The maximum atomic E-state index is 12.5. The number of nitrogens with one attached hydrogen (secondary N) is 1. The number of amides is 1. The predicted molar refractivity (Wildman–Crippen MR) is 194 cm³/mol. The normalized spacial score (nSPS) is 13.0. The Balaban J connectivity index is 1.16. The van der Waals surface area contributed by atoms with Crippen LogP contribution in [0.3, 0.4) is 0 Å². The van der Waals surface area contributed by atoms with Gasteiger partial charge in [-0.15, -0.1) is 0 Å². The van der Waals surface area contributed by atoms with Crippen LogP contribution in [0.2, 0.25) is 0 Å². The van der Waals surface area contributed by atoms with Crippen LogP contribution >= 0.6 is 0 Å². The van der Waals surface area contributed by atoms with Crippen molar-refractivity contribution in [2.75, 3.05) is 13.2 Å². The van der Waals surface area contributed by atoms with Crippen LogP contribution in [-0.4, -0.2) is 47.7 Å². The number of aliphatic carboxylic acids is 1. The Morgan fingerprint density at radius 2 is 1.14 bits per heavy atom. The molecule has 1 aliphatic carbocycles. The summed E-state index contributed by atoms with van der Waals surface area (Å²) in [6.07, 6.45) is 16.0. The fraction of sp³-hybridized carbons (Fsp3) is 0.610. The second-order valence-corrected chi connectivity index (χ2v) is 14.5. The average molecular weight is 678 g/mol. The van der Waals surface area contributed by atoms with Crippen molar-refractivity contribution in [1.82, 2.24) is 5.32 Å². The van der Waals surface area contributed by atoms with E-state index < -0.39 is 23.6 Å². The first-order chi connectivity index (χ1) is 23.5. The number of Topliss-reactive ketones (excluding diaryl/α,β-unsaturated/α-hetero) is 1. The molecule has 2 aromatic rings. The molecule has 0 spiro atoms. The molecule has 0 bridgehead atoms. The Bertz CT molecular complexity index is 1290. The number of ether oxygens (including phenoxy) is 2. The van der Waals surface area contributed by atoms with Crippen molar-refractivity contribution in [3.8, 4) is 11.1 Å². The lowest BCUT2D eigenvalue weighted by Gasteiger charge is -2.19. The van der Waals surface area contributed by atoms with Crippen LogP contribution in [-0.2, 0) is 23.9 Å². The third kappa shape index (κ3) is 15.2. The quantitative estimate of drug-likeness (QED) is 0.0839. The van der Waals surface area contributed by atoms with Crippen molar-refractivity contribution in [1.29, 1.82) is 0 Å². The van der Waals surface area contributed by atoms with Crippen molar-refractivity contribution >= 4 is 23.8 Å². The van der Waals surface area contributed by atoms with E-state index in [4.69, 9.17) is 9.47 Å². The number of fused-ring (bicyclic) bond motifs is 3. The number of carboxylic acid groups (broad SMARTS) is 1. The summed E-state index contributed by atoms with van der Waals surface area (Å²) < 4.78 is 10.9. The number of carbonyl (C=O) groups is 4. The van der Waals surface area contributed by atoms with Gasteiger partial charge in [0.1, 0.15) is 18.0 Å². The number of hydrogen-bond acceptors (Lipinski definition) is 6. The Morgan fingerprint density at radius 3 is 1.61 bits per heavy atom. The number of ketones is 1. The van der Waals surface area contributed by atoms with E-state index in [0.717, 1.165) is 60.8 Å². The zero-order chi connectivity index (χ0) is 35.5. The Kier molecular flexibility index (Phi) is 17.4. The highest BCUT2D eigenvalue weighted by atomic mass is 16.6. The number of unbranched alkanes of at least 4 members (excludes halogenated alkanes) is 13. The van der Waals surface area contributed by atoms with Gasteiger partial charge < -0.3 is 19.9 Å². The van der Waals surface area contributed by atoms with Crippen molar-refractivity contribution < 1.29 is 33.8 Å². The molecule has 270 valence electrons. The smallest absolute Gasteiger partial charge is 0.407 e. The van der Waals surface area contributed by atoms with Crippen molar-refractivity contribution in [2.24, 2.45) is 5.92 Å². The molecule has 0 fully saturated rings. The molecule has 1 aliphatic rings. The van der Waals surface area contributed by atoms with Crippen molar-refractivity contribution in [3.63, 3.8) is 0 Å². The van der Waals surface area contributed by atoms with Gasteiger partial charge >= 0.3 is 18.0 Å². The monoisotopic (exact) mass is 677 g/mol. The zero-order valence-corrected chi connectivity index (χ0v) is 30.1. The van der Waals surface area contributed by atoms with E-state index in [-0.39, 0.29) is 37.2 Å². The SMILES string of the molecule is CC(C)(C)OC(=O)CCCCCCCCCCCCCCCCC(=O)C[C@@H](CNC(=O)OCC1c2ccccc2-c2ccccc21)C(=O)O. The van der Waals surface area contributed by atoms with Crippen molar-refractivity contribution in [3.05, 3.63) is 59.7 Å². The lowest BCUT2D eigenvalue weighted by Crippen LogP contribution is -2.35. The molecule has 0 aliphatic heterocycles. The Morgan fingerprint density at radius 1 is 0.694 bits per heavy atom. The lowest BCUT2D eigenvalue weighted by atomic mass is 9.98. The summed E-state index contributed by atoms with van der Waals surface area (Å²) in [5, 5.41) is 12.2. The fourth-order valence-corrected chi connectivity index (χ4v) is 6.59. The molecule has 0 saturated carbocycles. The molecule has 0 unspecified atom stereocenters. The molecule has 2 aromatic carbocycles. The maximum Gasteiger partial charge on any atom is 0.407 e. The van der Waals surface area contributed by atoms with Crippen LogP contribution in [0.1, 0.15) is 147 Å². The Hall–Kier alpha value is -3.68. The van der Waals surface area contributed by atoms with Gasteiger partial charge in [-0.25, -0.2) is 4.79 Å². The molecule has 0 aromatic heterocycles. The molecular formula is C41H59NO7. The third-order valence-corrected chi connectivity index (χ3v) is 9.17. The van der Waals surface area contributed by atoms with Gasteiger partial charge in [0.2, 0.25) is 0 Å². The van der Waals surface area contributed by atoms with E-state index >= 15 is 0 Å². The maximum absolute atomic E-state index is 12.5. The molecule has 1 amide bonds. The summed E-state index contributed by atoms with van der Waals surface area (Å²) in [7, 11) is 0. The number of carboxylic acids is 1. The van der Waals surface area contributed by atoms with E-state index in [9.17, 15) is 24.3 Å². The zero-order valence-electron chi connectivity index (χ0n) is 30.1. The minimum absolute atomic E-state index is 0.0774. The summed E-state index contributed by atoms with van der Waals surface area (Å²) in [6.45, 7) is 5.71. The van der Waals surface area contributed by atoms with E-state index in [1.807, 2.05) is 57.2 Å². The average Bonchev–Trinajstić information content (AvgIpc) is 3.38. The minimum atomic E-state index is -1.09. The van der Waals surface area contributed by atoms with Crippen LogP contribution in [0.15, 0.2) is 48.5 Å². The molecule has 0 radical (unpaired) electrons. The fourth-order valence-electron chi connectivity index (χ4n) is 6.59. The van der Waals surface area contributed by atoms with Gasteiger partial charge in [0, 0.05) is 31.7 Å². The van der Waals surface area contributed by atoms with Gasteiger partial charge in [0.05, 0.1) is 5.92 Å². The van der Waals surface area contributed by atoms with Crippen LogP contribution < -0.4 is 5.32 Å². The molecule has 0 heterocycles. The van der Waals surface area contributed by atoms with Crippen LogP contribution in [0.5, 0.6) is 0 Å². The first-order valence-corrected chi connectivity index (χ1v) is 18.6. The standard InChI is InChI=1S/C41H59NO7/c1-41(2,3)49-38(44)27-17-15-13-11-9-7-5-4-6-8-10-12-14-16-22-32(43)28-31(39(45)46)29-42-40(47)48-30-37-35-25-20-18-23-33(35)34-24-19-21-26-36(34)37/h18-21,23-26,31,37H,4-17,22,27-30H2,1-3H3,(H,42,47)(H,45,46)/t31-/m0/s1. The molecule has 8 heteroatoms. The summed E-state index contributed by atoms with van der Waals surface area (Å²) in [5.41, 5.74) is 4.09. The van der Waals surface area contributed by atoms with Gasteiger partial charge in [-0.2, -0.15) is 0 Å². The molecule has 3 rings (SSSR count). The highest BCUT2D eigenvalue weighted by Crippen LogP contribution is 2.44. The molecular weight excluding hydrogens is 618 g/mol. The molecule has 1 atom stereocenters. The number of esters is 1. The molecule has 0 saturated heterocycles. The van der Waals surface area contributed by atoms with E-state index in [1.54, 1.807) is 0 Å². The number of carbonyl (C=O) groups excluding carboxylic acids is 3. The first kappa shape index (κ1) is 39.8. The number of benzene rings is 2. The molecule has 8 nitrogen and oxygen atoms in total. The first-order valence-electron chi connectivity index (χ1n) is 18.6. The summed E-state index contributed by atoms with van der Waals surface area (Å²) >= 11 is 0. The second-order valence-electron chi connectivity index (χ2n) is 14.5.